The summed E-state index contributed by atoms with van der Waals surface area (Å²) in [4.78, 5) is 1.91. The maximum Gasteiger partial charge on any atom is 0.182 e. The summed E-state index contributed by atoms with van der Waals surface area (Å²) in [5.74, 6) is 0. The maximum atomic E-state index is 9.51. The van der Waals surface area contributed by atoms with Crippen LogP contribution in [0.1, 0.15) is 13.3 Å². The standard InChI is InChI=1S/C8H17NO3/c1-5-4-6(9(2)3)7(10)8(11)12-5/h5-8,10-11H,4H2,1-3H3/t5?,6-,7-,8?/m1/s1. The van der Waals surface area contributed by atoms with Crippen molar-refractivity contribution in [3.63, 3.8) is 0 Å². The van der Waals surface area contributed by atoms with Crippen LogP contribution in [-0.4, -0.2) is 53.7 Å². The van der Waals surface area contributed by atoms with E-state index in [0.717, 1.165) is 6.42 Å². The quantitative estimate of drug-likeness (QED) is 0.559. The molecule has 0 aromatic carbocycles. The zero-order valence-electron chi connectivity index (χ0n) is 7.77. The third-order valence-corrected chi connectivity index (χ3v) is 2.29. The summed E-state index contributed by atoms with van der Waals surface area (Å²) in [5.41, 5.74) is 0. The van der Waals surface area contributed by atoms with Gasteiger partial charge in [0.2, 0.25) is 0 Å². The fourth-order valence-corrected chi connectivity index (χ4v) is 1.56. The fourth-order valence-electron chi connectivity index (χ4n) is 1.56. The smallest absolute Gasteiger partial charge is 0.182 e. The molecule has 12 heavy (non-hydrogen) atoms. The van der Waals surface area contributed by atoms with Gasteiger partial charge in [-0.1, -0.05) is 0 Å². The second-order valence-corrected chi connectivity index (χ2v) is 3.59. The van der Waals surface area contributed by atoms with Crippen molar-refractivity contribution in [1.82, 2.24) is 4.90 Å². The van der Waals surface area contributed by atoms with Crippen LogP contribution in [0, 0.1) is 0 Å². The summed E-state index contributed by atoms with van der Waals surface area (Å²) >= 11 is 0. The van der Waals surface area contributed by atoms with Crippen LogP contribution in [0.2, 0.25) is 0 Å². The van der Waals surface area contributed by atoms with Crippen molar-refractivity contribution in [2.24, 2.45) is 0 Å². The molecule has 1 heterocycles. The Bertz CT molecular complexity index is 151. The molecular weight excluding hydrogens is 158 g/mol. The van der Waals surface area contributed by atoms with Crippen molar-refractivity contribution in [2.75, 3.05) is 14.1 Å². The first-order valence-electron chi connectivity index (χ1n) is 4.20. The minimum atomic E-state index is -1.04. The maximum absolute atomic E-state index is 9.51. The molecule has 0 bridgehead atoms. The topological polar surface area (TPSA) is 52.9 Å². The lowest BCUT2D eigenvalue weighted by molar-refractivity contribution is -0.230. The van der Waals surface area contributed by atoms with Gasteiger partial charge in [0.25, 0.3) is 0 Å². The largest absolute Gasteiger partial charge is 0.386 e. The van der Waals surface area contributed by atoms with Crippen LogP contribution in [0.5, 0.6) is 0 Å². The molecular formula is C8H17NO3. The van der Waals surface area contributed by atoms with Crippen molar-refractivity contribution in [1.29, 1.82) is 0 Å². The van der Waals surface area contributed by atoms with Gasteiger partial charge in [0.1, 0.15) is 6.10 Å². The van der Waals surface area contributed by atoms with Crippen LogP contribution in [0.15, 0.2) is 0 Å². The first kappa shape index (κ1) is 9.92. The summed E-state index contributed by atoms with van der Waals surface area (Å²) in [6, 6.07) is -0.0104. The molecule has 1 rings (SSSR count). The number of hydrogen-bond acceptors (Lipinski definition) is 4. The van der Waals surface area contributed by atoms with Crippen LogP contribution < -0.4 is 0 Å². The van der Waals surface area contributed by atoms with Gasteiger partial charge >= 0.3 is 0 Å². The molecule has 0 aliphatic carbocycles. The Balaban J connectivity index is 2.60. The minimum Gasteiger partial charge on any atom is -0.386 e. The Labute approximate surface area is 72.7 Å². The highest BCUT2D eigenvalue weighted by molar-refractivity contribution is 4.84. The second kappa shape index (κ2) is 3.70. The molecule has 0 aromatic heterocycles. The monoisotopic (exact) mass is 175 g/mol. The van der Waals surface area contributed by atoms with Gasteiger partial charge in [0, 0.05) is 6.04 Å². The predicted octanol–water partition coefficient (Wildman–Crippen LogP) is -0.595. The number of aliphatic hydroxyl groups is 2. The van der Waals surface area contributed by atoms with E-state index in [1.165, 1.54) is 0 Å². The van der Waals surface area contributed by atoms with Crippen LogP contribution >= 0.6 is 0 Å². The van der Waals surface area contributed by atoms with Crippen molar-refractivity contribution < 1.29 is 14.9 Å². The Morgan fingerprint density at radius 2 is 1.92 bits per heavy atom. The highest BCUT2D eigenvalue weighted by Crippen LogP contribution is 2.21. The van der Waals surface area contributed by atoms with Crippen molar-refractivity contribution in [3.05, 3.63) is 0 Å². The highest BCUT2D eigenvalue weighted by Gasteiger charge is 2.35. The Hall–Kier alpha value is -0.160. The van der Waals surface area contributed by atoms with Gasteiger partial charge in [-0.2, -0.15) is 0 Å². The molecule has 0 saturated carbocycles. The van der Waals surface area contributed by atoms with Crippen LogP contribution in [0.4, 0.5) is 0 Å². The first-order chi connectivity index (χ1) is 5.52. The number of rotatable bonds is 1. The summed E-state index contributed by atoms with van der Waals surface area (Å²) < 4.78 is 5.06. The van der Waals surface area contributed by atoms with Gasteiger partial charge in [-0.3, -0.25) is 0 Å². The Kier molecular flexibility index (Phi) is 3.06. The van der Waals surface area contributed by atoms with Crippen molar-refractivity contribution in [2.45, 2.75) is 37.9 Å². The molecule has 4 atom stereocenters. The number of nitrogens with zero attached hydrogens (tertiary/aromatic N) is 1. The second-order valence-electron chi connectivity index (χ2n) is 3.59. The number of hydrogen-bond donors (Lipinski definition) is 2. The minimum absolute atomic E-state index is 0.01000. The Morgan fingerprint density at radius 3 is 2.42 bits per heavy atom. The molecule has 1 aliphatic rings. The van der Waals surface area contributed by atoms with E-state index in [0.29, 0.717) is 0 Å². The lowest BCUT2D eigenvalue weighted by Gasteiger charge is -2.38. The summed E-state index contributed by atoms with van der Waals surface area (Å²) in [5, 5.41) is 18.8. The van der Waals surface area contributed by atoms with Gasteiger partial charge in [-0.25, -0.2) is 0 Å². The van der Waals surface area contributed by atoms with E-state index in [4.69, 9.17) is 4.74 Å². The average Bonchev–Trinajstić information content (AvgIpc) is 1.96. The molecule has 2 unspecified atom stereocenters. The van der Waals surface area contributed by atoms with E-state index in [1.54, 1.807) is 0 Å². The zero-order valence-corrected chi connectivity index (χ0v) is 7.77. The molecule has 0 spiro atoms. The van der Waals surface area contributed by atoms with Crippen molar-refractivity contribution >= 4 is 0 Å². The lowest BCUT2D eigenvalue weighted by atomic mass is 9.99. The van der Waals surface area contributed by atoms with E-state index in [-0.39, 0.29) is 12.1 Å². The number of ether oxygens (including phenoxy) is 1. The van der Waals surface area contributed by atoms with Gasteiger partial charge in [0.05, 0.1) is 6.10 Å². The third-order valence-electron chi connectivity index (χ3n) is 2.29. The SMILES string of the molecule is CC1C[C@@H](N(C)C)[C@@H](O)C(O)O1. The summed E-state index contributed by atoms with van der Waals surface area (Å²) in [6.07, 6.45) is -1.07. The van der Waals surface area contributed by atoms with Crippen LogP contribution in [0.25, 0.3) is 0 Å². The molecule has 0 amide bonds. The lowest BCUT2D eigenvalue weighted by Crippen LogP contribution is -2.53. The van der Waals surface area contributed by atoms with Gasteiger partial charge < -0.3 is 19.8 Å². The third kappa shape index (κ3) is 1.95. The molecule has 4 heteroatoms. The Morgan fingerprint density at radius 1 is 1.33 bits per heavy atom. The molecule has 4 nitrogen and oxygen atoms in total. The van der Waals surface area contributed by atoms with Crippen LogP contribution in [0.3, 0.4) is 0 Å². The molecule has 1 aliphatic heterocycles. The number of aliphatic hydroxyl groups excluding tert-OH is 2. The molecule has 0 radical (unpaired) electrons. The molecule has 1 saturated heterocycles. The molecule has 1 fully saturated rings. The highest BCUT2D eigenvalue weighted by atomic mass is 16.6. The van der Waals surface area contributed by atoms with E-state index in [2.05, 4.69) is 0 Å². The number of likely N-dealkylation sites (N-methyl/N-ethyl adjacent to an activating group) is 1. The predicted molar refractivity (Wildman–Crippen MR) is 44.7 cm³/mol. The van der Waals surface area contributed by atoms with E-state index in [9.17, 15) is 10.2 Å². The van der Waals surface area contributed by atoms with Gasteiger partial charge in [-0.15, -0.1) is 0 Å². The average molecular weight is 175 g/mol. The van der Waals surface area contributed by atoms with E-state index >= 15 is 0 Å². The summed E-state index contributed by atoms with van der Waals surface area (Å²) in [7, 11) is 3.78. The normalized spacial score (nSPS) is 43.5. The van der Waals surface area contributed by atoms with Gasteiger partial charge in [-0.05, 0) is 27.4 Å². The van der Waals surface area contributed by atoms with E-state index < -0.39 is 12.4 Å². The van der Waals surface area contributed by atoms with Gasteiger partial charge in [0.15, 0.2) is 6.29 Å². The van der Waals surface area contributed by atoms with Crippen molar-refractivity contribution in [3.8, 4) is 0 Å². The zero-order chi connectivity index (χ0) is 9.30. The molecule has 72 valence electrons. The molecule has 0 aromatic rings. The fraction of sp³-hybridized carbons (Fsp3) is 1.00. The first-order valence-corrected chi connectivity index (χ1v) is 4.20. The van der Waals surface area contributed by atoms with Crippen LogP contribution in [-0.2, 0) is 4.74 Å². The van der Waals surface area contributed by atoms with E-state index in [1.807, 2.05) is 25.9 Å². The molecule has 2 N–H and O–H groups in total. The summed E-state index contributed by atoms with van der Waals surface area (Å²) in [6.45, 7) is 1.89.